The molecule has 0 aliphatic heterocycles. The Bertz CT molecular complexity index is 587. The highest BCUT2D eigenvalue weighted by Gasteiger charge is 2.20. The molecule has 0 saturated carbocycles. The third-order valence-corrected chi connectivity index (χ3v) is 3.60. The van der Waals surface area contributed by atoms with E-state index in [4.69, 9.17) is 9.47 Å². The van der Waals surface area contributed by atoms with Gasteiger partial charge >= 0.3 is 5.97 Å². The first-order valence-corrected chi connectivity index (χ1v) is 6.92. The Morgan fingerprint density at radius 1 is 1.15 bits per heavy atom. The summed E-state index contributed by atoms with van der Waals surface area (Å²) < 4.78 is 10.2. The van der Waals surface area contributed by atoms with Gasteiger partial charge in [0.1, 0.15) is 10.6 Å². The molecule has 4 nitrogen and oxygen atoms in total. The van der Waals surface area contributed by atoms with Gasteiger partial charge in [-0.25, -0.2) is 4.79 Å². The molecule has 2 aromatic rings. The predicted octanol–water partition coefficient (Wildman–Crippen LogP) is 3.18. The van der Waals surface area contributed by atoms with Crippen LogP contribution in [0.25, 0.3) is 0 Å². The summed E-state index contributed by atoms with van der Waals surface area (Å²) in [5, 5.41) is 1.78. The van der Waals surface area contributed by atoms with Crippen molar-refractivity contribution in [2.24, 2.45) is 0 Å². The molecule has 0 unspecified atom stereocenters. The fourth-order valence-corrected chi connectivity index (χ4v) is 2.26. The predicted molar refractivity (Wildman–Crippen MR) is 76.5 cm³/mol. The summed E-state index contributed by atoms with van der Waals surface area (Å²) in [5.74, 6) is -0.0447. The van der Waals surface area contributed by atoms with E-state index in [2.05, 4.69) is 0 Å². The highest BCUT2D eigenvalue weighted by molar-refractivity contribution is 7.11. The van der Waals surface area contributed by atoms with Crippen LogP contribution in [0.2, 0.25) is 0 Å². The first-order valence-electron chi connectivity index (χ1n) is 6.04. The van der Waals surface area contributed by atoms with E-state index < -0.39 is 12.1 Å². The number of benzene rings is 1. The molecule has 104 valence electrons. The molecule has 0 fully saturated rings. The van der Waals surface area contributed by atoms with Crippen molar-refractivity contribution in [2.45, 2.75) is 13.0 Å². The Hall–Kier alpha value is -2.14. The first-order chi connectivity index (χ1) is 9.61. The lowest BCUT2D eigenvalue weighted by Gasteiger charge is -2.11. The van der Waals surface area contributed by atoms with Gasteiger partial charge in [0.2, 0.25) is 5.78 Å². The van der Waals surface area contributed by atoms with E-state index in [1.807, 2.05) is 0 Å². The van der Waals surface area contributed by atoms with Crippen LogP contribution in [0.15, 0.2) is 41.8 Å². The summed E-state index contributed by atoms with van der Waals surface area (Å²) in [7, 11) is 1.56. The molecule has 0 bridgehead atoms. The minimum Gasteiger partial charge on any atom is -0.497 e. The summed E-state index contributed by atoms with van der Waals surface area (Å²) in [5.41, 5.74) is 0.484. The second-order valence-corrected chi connectivity index (χ2v) is 5.07. The molecule has 0 aliphatic carbocycles. The average molecular weight is 290 g/mol. The maximum atomic E-state index is 12.1. The first kappa shape index (κ1) is 14.3. The molecule has 2 rings (SSSR count). The molecule has 1 aromatic carbocycles. The van der Waals surface area contributed by atoms with E-state index in [0.29, 0.717) is 16.2 Å². The van der Waals surface area contributed by atoms with E-state index >= 15 is 0 Å². The summed E-state index contributed by atoms with van der Waals surface area (Å²) in [6.45, 7) is 1.57. The maximum absolute atomic E-state index is 12.1. The number of methoxy groups -OCH3 is 1. The van der Waals surface area contributed by atoms with Crippen molar-refractivity contribution in [3.05, 3.63) is 52.2 Å². The van der Waals surface area contributed by atoms with Crippen molar-refractivity contribution in [1.29, 1.82) is 0 Å². The molecule has 1 atom stereocenters. The number of carbonyl (C=O) groups excluding carboxylic acids is 2. The molecular formula is C15H14O4S. The average Bonchev–Trinajstić information content (AvgIpc) is 3.01. The van der Waals surface area contributed by atoms with Gasteiger partial charge in [-0.15, -0.1) is 11.3 Å². The zero-order chi connectivity index (χ0) is 14.5. The number of carbonyl (C=O) groups is 2. The van der Waals surface area contributed by atoms with Gasteiger partial charge in [-0.2, -0.15) is 0 Å². The molecule has 0 spiro atoms. The van der Waals surface area contributed by atoms with Crippen molar-refractivity contribution in [1.82, 2.24) is 0 Å². The van der Waals surface area contributed by atoms with E-state index in [9.17, 15) is 9.59 Å². The molecule has 5 heteroatoms. The van der Waals surface area contributed by atoms with E-state index in [-0.39, 0.29) is 5.78 Å². The van der Waals surface area contributed by atoms with Gasteiger partial charge in [0.05, 0.1) is 7.11 Å². The number of esters is 1. The number of ketones is 1. The molecule has 0 aliphatic rings. The van der Waals surface area contributed by atoms with Gasteiger partial charge in [-0.3, -0.25) is 4.79 Å². The molecule has 0 radical (unpaired) electrons. The molecule has 0 amide bonds. The van der Waals surface area contributed by atoms with E-state index in [1.165, 1.54) is 11.3 Å². The van der Waals surface area contributed by atoms with Crippen molar-refractivity contribution >= 4 is 23.1 Å². The fraction of sp³-hybridized carbons (Fsp3) is 0.200. The number of rotatable bonds is 5. The van der Waals surface area contributed by atoms with Crippen LogP contribution in [0.5, 0.6) is 5.75 Å². The fourth-order valence-electron chi connectivity index (χ4n) is 1.66. The number of hydrogen-bond donors (Lipinski definition) is 0. The van der Waals surface area contributed by atoms with Crippen LogP contribution in [0.1, 0.15) is 27.0 Å². The third kappa shape index (κ3) is 3.24. The van der Waals surface area contributed by atoms with Crippen molar-refractivity contribution in [2.75, 3.05) is 7.11 Å². The molecular weight excluding hydrogens is 276 g/mol. The lowest BCUT2D eigenvalue weighted by molar-refractivity contribution is 0.0323. The zero-order valence-corrected chi connectivity index (χ0v) is 12.0. The lowest BCUT2D eigenvalue weighted by atomic mass is 10.1. The molecule has 0 N–H and O–H groups in total. The minimum atomic E-state index is -0.821. The molecule has 20 heavy (non-hydrogen) atoms. The summed E-state index contributed by atoms with van der Waals surface area (Å²) in [4.78, 5) is 24.4. The van der Waals surface area contributed by atoms with Gasteiger partial charge in [0.15, 0.2) is 6.10 Å². The normalized spacial score (nSPS) is 11.7. The highest BCUT2D eigenvalue weighted by Crippen LogP contribution is 2.16. The Morgan fingerprint density at radius 3 is 2.40 bits per heavy atom. The van der Waals surface area contributed by atoms with Crippen LogP contribution in [-0.4, -0.2) is 25.0 Å². The molecule has 1 heterocycles. The number of ether oxygens (including phenoxy) is 2. The van der Waals surface area contributed by atoms with Crippen LogP contribution in [0.3, 0.4) is 0 Å². The van der Waals surface area contributed by atoms with Gasteiger partial charge in [0.25, 0.3) is 0 Å². The van der Waals surface area contributed by atoms with Gasteiger partial charge in [0, 0.05) is 5.56 Å². The van der Waals surface area contributed by atoms with Gasteiger partial charge in [-0.1, -0.05) is 6.07 Å². The highest BCUT2D eigenvalue weighted by atomic mass is 32.1. The summed E-state index contributed by atoms with van der Waals surface area (Å²) in [6, 6.07) is 10.1. The second-order valence-electron chi connectivity index (χ2n) is 4.12. The number of thiophene rings is 1. The van der Waals surface area contributed by atoms with Gasteiger partial charge < -0.3 is 9.47 Å². The minimum absolute atomic E-state index is 0.238. The van der Waals surface area contributed by atoms with Crippen LogP contribution >= 0.6 is 11.3 Å². The van der Waals surface area contributed by atoms with Crippen LogP contribution in [0, 0.1) is 0 Å². The van der Waals surface area contributed by atoms with Gasteiger partial charge in [-0.05, 0) is 42.6 Å². The second kappa shape index (κ2) is 6.34. The smallest absolute Gasteiger partial charge is 0.349 e. The Kier molecular flexibility index (Phi) is 4.53. The van der Waals surface area contributed by atoms with Crippen molar-refractivity contribution < 1.29 is 19.1 Å². The van der Waals surface area contributed by atoms with Crippen LogP contribution in [0.4, 0.5) is 0 Å². The molecule has 1 aromatic heterocycles. The zero-order valence-electron chi connectivity index (χ0n) is 11.2. The van der Waals surface area contributed by atoms with Crippen LogP contribution < -0.4 is 4.74 Å². The summed E-state index contributed by atoms with van der Waals surface area (Å²) >= 11 is 1.28. The van der Waals surface area contributed by atoms with Crippen molar-refractivity contribution in [3.63, 3.8) is 0 Å². The van der Waals surface area contributed by atoms with E-state index in [0.717, 1.165) is 0 Å². The third-order valence-electron chi connectivity index (χ3n) is 2.75. The lowest BCUT2D eigenvalue weighted by Crippen LogP contribution is -2.24. The van der Waals surface area contributed by atoms with Crippen molar-refractivity contribution in [3.8, 4) is 5.75 Å². The molecule has 0 saturated heterocycles. The van der Waals surface area contributed by atoms with Crippen LogP contribution in [-0.2, 0) is 4.74 Å². The van der Waals surface area contributed by atoms with E-state index in [1.54, 1.807) is 55.8 Å². The maximum Gasteiger partial charge on any atom is 0.349 e. The standard InChI is InChI=1S/C15H14O4S/c1-10(19-15(17)13-4-3-9-20-13)14(16)11-5-7-12(18-2)8-6-11/h3-10H,1-2H3/t10-/m0/s1. The quantitative estimate of drug-likeness (QED) is 0.627. The monoisotopic (exact) mass is 290 g/mol. The SMILES string of the molecule is COc1ccc(C(=O)[C@H](C)OC(=O)c2cccs2)cc1. The number of Topliss-reactive ketones (excluding diaryl/α,β-unsaturated/α-hetero) is 1. The Labute approximate surface area is 121 Å². The Balaban J connectivity index is 2.02. The Morgan fingerprint density at radius 2 is 1.85 bits per heavy atom. The summed E-state index contributed by atoms with van der Waals surface area (Å²) in [6.07, 6.45) is -0.821. The number of hydrogen-bond acceptors (Lipinski definition) is 5. The largest absolute Gasteiger partial charge is 0.497 e. The topological polar surface area (TPSA) is 52.6 Å².